The van der Waals surface area contributed by atoms with Crippen molar-refractivity contribution in [3.63, 3.8) is 0 Å². The summed E-state index contributed by atoms with van der Waals surface area (Å²) in [6, 6.07) is 24.9. The Morgan fingerprint density at radius 2 is 1.79 bits per heavy atom. The van der Waals surface area contributed by atoms with Gasteiger partial charge in [0.05, 0.1) is 23.9 Å². The molecule has 2 heterocycles. The van der Waals surface area contributed by atoms with Gasteiger partial charge in [0.1, 0.15) is 12.6 Å². The number of carbonyl (C=O) groups excluding carboxylic acids is 2. The fraction of sp³-hybridized carbons (Fsp3) is 0.192. The van der Waals surface area contributed by atoms with Crippen molar-refractivity contribution < 1.29 is 14.3 Å². The van der Waals surface area contributed by atoms with Gasteiger partial charge in [-0.25, -0.2) is 9.69 Å². The number of imide groups is 1. The molecule has 7 heteroatoms. The van der Waals surface area contributed by atoms with Crippen molar-refractivity contribution in [1.29, 1.82) is 0 Å². The number of nitrogens with zero attached hydrogens (tertiary/aromatic N) is 3. The van der Waals surface area contributed by atoms with Crippen molar-refractivity contribution in [3.8, 4) is 0 Å². The predicted octanol–water partition coefficient (Wildman–Crippen LogP) is 5.11. The second kappa shape index (κ2) is 8.83. The average Bonchev–Trinajstić information content (AvgIpc) is 3.44. The molecule has 0 spiro atoms. The number of cyclic esters (lactones) is 1. The van der Waals surface area contributed by atoms with Gasteiger partial charge in [0.25, 0.3) is 5.91 Å². The SMILES string of the molecule is Cc1cccc(C2=NN(c3ccc(Br)cc3)[C@@H](C(=O)N3CCOC3=O)[C@@H]2c2ccccc2)c1. The van der Waals surface area contributed by atoms with Crippen LogP contribution in [-0.2, 0) is 9.53 Å². The quantitative estimate of drug-likeness (QED) is 0.496. The van der Waals surface area contributed by atoms with E-state index in [9.17, 15) is 9.59 Å². The summed E-state index contributed by atoms with van der Waals surface area (Å²) in [5.74, 6) is -0.682. The number of aryl methyl sites for hydroxylation is 1. The summed E-state index contributed by atoms with van der Waals surface area (Å²) < 4.78 is 6.00. The zero-order valence-corrected chi connectivity index (χ0v) is 19.6. The van der Waals surface area contributed by atoms with Crippen LogP contribution in [0.15, 0.2) is 88.4 Å². The molecule has 1 fully saturated rings. The number of ether oxygens (including phenoxy) is 1. The molecule has 2 aliphatic rings. The molecule has 2 amide bonds. The smallest absolute Gasteiger partial charge is 0.416 e. The van der Waals surface area contributed by atoms with Crippen LogP contribution in [0.5, 0.6) is 0 Å². The number of hydrogen-bond acceptors (Lipinski definition) is 5. The van der Waals surface area contributed by atoms with E-state index in [2.05, 4.69) is 22.0 Å². The first kappa shape index (κ1) is 21.4. The van der Waals surface area contributed by atoms with Gasteiger partial charge in [-0.05, 0) is 42.3 Å². The molecule has 0 saturated carbocycles. The highest BCUT2D eigenvalue weighted by Gasteiger charge is 2.48. The lowest BCUT2D eigenvalue weighted by Crippen LogP contribution is -2.48. The summed E-state index contributed by atoms with van der Waals surface area (Å²) in [5, 5.41) is 6.74. The maximum atomic E-state index is 13.8. The highest BCUT2D eigenvalue weighted by Crippen LogP contribution is 2.39. The highest BCUT2D eigenvalue weighted by molar-refractivity contribution is 9.10. The molecule has 0 bridgehead atoms. The van der Waals surface area contributed by atoms with Crippen LogP contribution in [0.4, 0.5) is 10.5 Å². The number of hydrogen-bond donors (Lipinski definition) is 0. The summed E-state index contributed by atoms with van der Waals surface area (Å²) in [6.45, 7) is 2.48. The molecular weight excluding hydrogens is 482 g/mol. The van der Waals surface area contributed by atoms with Crippen LogP contribution >= 0.6 is 15.9 Å². The number of amides is 2. The van der Waals surface area contributed by atoms with Gasteiger partial charge >= 0.3 is 6.09 Å². The van der Waals surface area contributed by atoms with Crippen LogP contribution in [0, 0.1) is 6.92 Å². The van der Waals surface area contributed by atoms with E-state index in [0.29, 0.717) is 0 Å². The van der Waals surface area contributed by atoms with E-state index in [0.717, 1.165) is 32.6 Å². The molecule has 2 atom stereocenters. The zero-order chi connectivity index (χ0) is 22.9. The normalized spacial score (nSPS) is 20.1. The second-order valence-electron chi connectivity index (χ2n) is 8.11. The molecule has 3 aromatic rings. The van der Waals surface area contributed by atoms with E-state index in [-0.39, 0.29) is 25.0 Å². The minimum absolute atomic E-state index is 0.206. The lowest BCUT2D eigenvalue weighted by atomic mass is 9.84. The van der Waals surface area contributed by atoms with Crippen LogP contribution in [0.25, 0.3) is 0 Å². The third-order valence-corrected chi connectivity index (χ3v) is 6.46. The van der Waals surface area contributed by atoms with Crippen molar-refractivity contribution in [2.45, 2.75) is 18.9 Å². The molecular formula is C26H22BrN3O3. The topological polar surface area (TPSA) is 62.2 Å². The molecule has 1 saturated heterocycles. The maximum absolute atomic E-state index is 13.8. The van der Waals surface area contributed by atoms with Gasteiger partial charge in [-0.15, -0.1) is 0 Å². The molecule has 166 valence electrons. The van der Waals surface area contributed by atoms with Crippen molar-refractivity contribution >= 4 is 39.3 Å². The van der Waals surface area contributed by atoms with Crippen LogP contribution in [0.2, 0.25) is 0 Å². The Bertz CT molecular complexity index is 1230. The van der Waals surface area contributed by atoms with Gasteiger partial charge in [0.15, 0.2) is 0 Å². The molecule has 0 N–H and O–H groups in total. The fourth-order valence-electron chi connectivity index (χ4n) is 4.39. The van der Waals surface area contributed by atoms with Gasteiger partial charge in [-0.3, -0.25) is 9.80 Å². The van der Waals surface area contributed by atoms with Gasteiger partial charge in [-0.1, -0.05) is 76.1 Å². The lowest BCUT2D eigenvalue weighted by Gasteiger charge is -2.29. The molecule has 0 aromatic heterocycles. The molecule has 5 rings (SSSR count). The molecule has 0 aliphatic carbocycles. The fourth-order valence-corrected chi connectivity index (χ4v) is 4.65. The summed E-state index contributed by atoms with van der Waals surface area (Å²) >= 11 is 3.47. The minimum atomic E-state index is -0.727. The highest BCUT2D eigenvalue weighted by atomic mass is 79.9. The Morgan fingerprint density at radius 3 is 2.45 bits per heavy atom. The molecule has 33 heavy (non-hydrogen) atoms. The molecule has 6 nitrogen and oxygen atoms in total. The number of benzene rings is 3. The van der Waals surface area contributed by atoms with Crippen LogP contribution in [0.1, 0.15) is 22.6 Å². The van der Waals surface area contributed by atoms with Gasteiger partial charge in [0.2, 0.25) is 0 Å². The van der Waals surface area contributed by atoms with Crippen molar-refractivity contribution in [2.24, 2.45) is 5.10 Å². The third-order valence-electron chi connectivity index (χ3n) is 5.93. The van der Waals surface area contributed by atoms with Crippen molar-refractivity contribution in [3.05, 3.63) is 100 Å². The number of carbonyl (C=O) groups is 2. The first-order valence-corrected chi connectivity index (χ1v) is 11.6. The van der Waals surface area contributed by atoms with Crippen LogP contribution in [-0.4, -0.2) is 41.8 Å². The van der Waals surface area contributed by atoms with Crippen LogP contribution < -0.4 is 5.01 Å². The predicted molar refractivity (Wildman–Crippen MR) is 130 cm³/mol. The monoisotopic (exact) mass is 503 g/mol. The maximum Gasteiger partial charge on any atom is 0.416 e. The van der Waals surface area contributed by atoms with E-state index >= 15 is 0 Å². The van der Waals surface area contributed by atoms with Gasteiger partial charge in [0, 0.05) is 4.47 Å². The molecule has 3 aromatic carbocycles. The first-order valence-electron chi connectivity index (χ1n) is 10.8. The Hall–Kier alpha value is -3.45. The van der Waals surface area contributed by atoms with Crippen LogP contribution in [0.3, 0.4) is 0 Å². The minimum Gasteiger partial charge on any atom is -0.447 e. The Morgan fingerprint density at radius 1 is 1.03 bits per heavy atom. The zero-order valence-electron chi connectivity index (χ0n) is 18.0. The molecule has 0 radical (unpaired) electrons. The van der Waals surface area contributed by atoms with E-state index in [1.807, 2.05) is 79.7 Å². The molecule has 2 aliphatic heterocycles. The van der Waals surface area contributed by atoms with E-state index < -0.39 is 12.1 Å². The number of anilines is 1. The number of hydrazone groups is 1. The number of halogens is 1. The average molecular weight is 504 g/mol. The second-order valence-corrected chi connectivity index (χ2v) is 9.03. The standard InChI is InChI=1S/C26H22BrN3O3/c1-17-6-5-9-19(16-17)23-22(18-7-3-2-4-8-18)24(25(31)29-14-15-33-26(29)32)30(28-23)21-12-10-20(27)11-13-21/h2-13,16,22,24H,14-15H2,1H3/t22-,24-/m1/s1. The van der Waals surface area contributed by atoms with Gasteiger partial charge in [-0.2, -0.15) is 5.10 Å². The number of rotatable bonds is 4. The van der Waals surface area contributed by atoms with E-state index in [1.54, 1.807) is 5.01 Å². The third kappa shape index (κ3) is 4.04. The summed E-state index contributed by atoms with van der Waals surface area (Å²) in [7, 11) is 0. The van der Waals surface area contributed by atoms with E-state index in [4.69, 9.17) is 9.84 Å². The first-order chi connectivity index (χ1) is 16.0. The Labute approximate surface area is 200 Å². The summed E-state index contributed by atoms with van der Waals surface area (Å²) in [6.07, 6.45) is -0.605. The largest absolute Gasteiger partial charge is 0.447 e. The Balaban J connectivity index is 1.68. The summed E-state index contributed by atoms with van der Waals surface area (Å²) in [4.78, 5) is 27.4. The van der Waals surface area contributed by atoms with Crippen molar-refractivity contribution in [1.82, 2.24) is 4.90 Å². The van der Waals surface area contributed by atoms with E-state index in [1.165, 1.54) is 4.90 Å². The summed E-state index contributed by atoms with van der Waals surface area (Å²) in [5.41, 5.74) is 4.58. The Kier molecular flexibility index (Phi) is 5.72. The lowest BCUT2D eigenvalue weighted by molar-refractivity contribution is -0.129. The molecule has 0 unspecified atom stereocenters. The van der Waals surface area contributed by atoms with Gasteiger partial charge < -0.3 is 4.74 Å². The van der Waals surface area contributed by atoms with Crippen molar-refractivity contribution in [2.75, 3.05) is 18.2 Å².